The van der Waals surface area contributed by atoms with Gasteiger partial charge in [-0.3, -0.25) is 9.48 Å². The first kappa shape index (κ1) is 16.3. The van der Waals surface area contributed by atoms with Crippen molar-refractivity contribution < 1.29 is 14.6 Å². The lowest BCUT2D eigenvalue weighted by atomic mass is 9.79. The highest BCUT2D eigenvalue weighted by atomic mass is 35.5. The van der Waals surface area contributed by atoms with Crippen molar-refractivity contribution in [1.29, 1.82) is 0 Å². The van der Waals surface area contributed by atoms with Gasteiger partial charge >= 0.3 is 5.97 Å². The maximum Gasteiger partial charge on any atom is 0.308 e. The maximum absolute atomic E-state index is 11.7. The predicted octanol–water partition coefficient (Wildman–Crippen LogP) is 2.64. The Morgan fingerprint density at radius 1 is 1.48 bits per heavy atom. The molecule has 118 valence electrons. The Morgan fingerprint density at radius 3 is 2.57 bits per heavy atom. The number of ether oxygens (including phenoxy) is 1. The van der Waals surface area contributed by atoms with E-state index in [0.717, 1.165) is 11.4 Å². The second kappa shape index (κ2) is 6.36. The molecule has 1 heterocycles. The summed E-state index contributed by atoms with van der Waals surface area (Å²) in [7, 11) is 0. The number of aryl methyl sites for hydroxylation is 1. The summed E-state index contributed by atoms with van der Waals surface area (Å²) in [5.41, 5.74) is 0.823. The Bertz CT molecular complexity index is 519. The van der Waals surface area contributed by atoms with E-state index in [1.165, 1.54) is 0 Å². The number of hydrogen-bond acceptors (Lipinski definition) is 4. The quantitative estimate of drug-likeness (QED) is 0.868. The minimum Gasteiger partial charge on any atom is -0.466 e. The van der Waals surface area contributed by atoms with Crippen molar-refractivity contribution in [2.75, 3.05) is 6.61 Å². The Kier molecular flexibility index (Phi) is 4.94. The van der Waals surface area contributed by atoms with Crippen molar-refractivity contribution in [3.05, 3.63) is 16.4 Å². The molecule has 0 atom stereocenters. The summed E-state index contributed by atoms with van der Waals surface area (Å²) >= 11 is 6.13. The van der Waals surface area contributed by atoms with Gasteiger partial charge in [-0.2, -0.15) is 5.10 Å². The van der Waals surface area contributed by atoms with Gasteiger partial charge in [0.05, 0.1) is 41.1 Å². The van der Waals surface area contributed by atoms with E-state index in [2.05, 4.69) is 5.10 Å². The van der Waals surface area contributed by atoms with Gasteiger partial charge in [-0.25, -0.2) is 0 Å². The van der Waals surface area contributed by atoms with Crippen LogP contribution in [0.1, 0.15) is 44.0 Å². The highest BCUT2D eigenvalue weighted by Crippen LogP contribution is 2.34. The molecule has 6 heteroatoms. The van der Waals surface area contributed by atoms with E-state index in [0.29, 0.717) is 43.9 Å². The lowest BCUT2D eigenvalue weighted by Gasteiger charge is -2.35. The molecule has 21 heavy (non-hydrogen) atoms. The minimum absolute atomic E-state index is 0.0886. The van der Waals surface area contributed by atoms with E-state index in [1.54, 1.807) is 4.68 Å². The first-order chi connectivity index (χ1) is 9.86. The number of aromatic nitrogens is 2. The van der Waals surface area contributed by atoms with Crippen molar-refractivity contribution in [3.63, 3.8) is 0 Å². The molecule has 0 saturated heterocycles. The molecular weight excluding hydrogens is 292 g/mol. The third kappa shape index (κ3) is 3.58. The van der Waals surface area contributed by atoms with Crippen LogP contribution in [0.5, 0.6) is 0 Å². The van der Waals surface area contributed by atoms with Crippen molar-refractivity contribution in [2.45, 2.75) is 58.6 Å². The fourth-order valence-electron chi connectivity index (χ4n) is 2.92. The molecule has 1 fully saturated rings. The van der Waals surface area contributed by atoms with Crippen LogP contribution in [0.15, 0.2) is 0 Å². The zero-order valence-electron chi connectivity index (χ0n) is 12.9. The molecule has 0 radical (unpaired) electrons. The lowest BCUT2D eigenvalue weighted by Crippen LogP contribution is -2.40. The van der Waals surface area contributed by atoms with Crippen LogP contribution >= 0.6 is 11.6 Å². The summed E-state index contributed by atoms with van der Waals surface area (Å²) < 4.78 is 6.82. The van der Waals surface area contributed by atoms with Gasteiger partial charge in [0.1, 0.15) is 0 Å². The highest BCUT2D eigenvalue weighted by Gasteiger charge is 2.37. The molecule has 5 nitrogen and oxygen atoms in total. The van der Waals surface area contributed by atoms with Gasteiger partial charge in [-0.1, -0.05) is 11.6 Å². The van der Waals surface area contributed by atoms with Crippen molar-refractivity contribution in [1.82, 2.24) is 9.78 Å². The van der Waals surface area contributed by atoms with E-state index >= 15 is 0 Å². The van der Waals surface area contributed by atoms with Crippen LogP contribution in [-0.4, -0.2) is 33.1 Å². The second-order valence-corrected chi connectivity index (χ2v) is 6.27. The van der Waals surface area contributed by atoms with Crippen LogP contribution in [0.2, 0.25) is 5.02 Å². The smallest absolute Gasteiger partial charge is 0.308 e. The maximum atomic E-state index is 11.7. The molecule has 1 saturated carbocycles. The molecule has 0 bridgehead atoms. The van der Waals surface area contributed by atoms with E-state index in [4.69, 9.17) is 16.3 Å². The van der Waals surface area contributed by atoms with E-state index < -0.39 is 5.60 Å². The summed E-state index contributed by atoms with van der Waals surface area (Å²) in [6, 6.07) is 0. The number of carbonyl (C=O) groups excluding carboxylic acids is 1. The lowest BCUT2D eigenvalue weighted by molar-refractivity contribution is -0.151. The van der Waals surface area contributed by atoms with Crippen molar-refractivity contribution >= 4 is 17.6 Å². The molecule has 0 amide bonds. The molecule has 0 aliphatic heterocycles. The van der Waals surface area contributed by atoms with Gasteiger partial charge in [0.15, 0.2) is 0 Å². The monoisotopic (exact) mass is 314 g/mol. The Morgan fingerprint density at radius 2 is 2.10 bits per heavy atom. The standard InChI is InChI=1S/C15H23ClN2O3/c1-4-21-14(19)12-5-7-15(20,8-6-12)9-18-11(3)13(16)10(2)17-18/h12,20H,4-9H2,1-3H3. The van der Waals surface area contributed by atoms with E-state index in [-0.39, 0.29) is 11.9 Å². The van der Waals surface area contributed by atoms with E-state index in [9.17, 15) is 9.90 Å². The average Bonchev–Trinajstić information content (AvgIpc) is 2.67. The SMILES string of the molecule is CCOC(=O)C1CCC(O)(Cn2nc(C)c(Cl)c2C)CC1. The summed E-state index contributed by atoms with van der Waals surface area (Å²) in [5, 5.41) is 15.7. The van der Waals surface area contributed by atoms with Gasteiger partial charge in [0, 0.05) is 0 Å². The number of nitrogens with zero attached hydrogens (tertiary/aromatic N) is 2. The number of carbonyl (C=O) groups is 1. The molecule has 1 aromatic rings. The average molecular weight is 315 g/mol. The van der Waals surface area contributed by atoms with Gasteiger partial charge in [0.25, 0.3) is 0 Å². The number of aliphatic hydroxyl groups is 1. The van der Waals surface area contributed by atoms with Crippen LogP contribution in [0.3, 0.4) is 0 Å². The second-order valence-electron chi connectivity index (χ2n) is 5.89. The Hall–Kier alpha value is -1.07. The van der Waals surface area contributed by atoms with Crippen LogP contribution in [0.25, 0.3) is 0 Å². The summed E-state index contributed by atoms with van der Waals surface area (Å²) in [4.78, 5) is 11.7. The molecule has 1 aromatic heterocycles. The normalized spacial score (nSPS) is 25.9. The summed E-state index contributed by atoms with van der Waals surface area (Å²) in [6.45, 7) is 6.39. The highest BCUT2D eigenvalue weighted by molar-refractivity contribution is 6.31. The zero-order valence-corrected chi connectivity index (χ0v) is 13.6. The molecule has 1 N–H and O–H groups in total. The molecule has 0 aromatic carbocycles. The Labute approximate surface area is 130 Å². The van der Waals surface area contributed by atoms with Crippen LogP contribution in [-0.2, 0) is 16.1 Å². The van der Waals surface area contributed by atoms with Crippen LogP contribution in [0, 0.1) is 19.8 Å². The third-order valence-electron chi connectivity index (χ3n) is 4.27. The van der Waals surface area contributed by atoms with Crippen molar-refractivity contribution in [2.24, 2.45) is 5.92 Å². The molecule has 1 aliphatic carbocycles. The van der Waals surface area contributed by atoms with Gasteiger partial charge in [0.2, 0.25) is 0 Å². The zero-order chi connectivity index (χ0) is 15.6. The number of halogens is 1. The van der Waals surface area contributed by atoms with Crippen LogP contribution in [0.4, 0.5) is 0 Å². The third-order valence-corrected chi connectivity index (χ3v) is 4.82. The fraction of sp³-hybridized carbons (Fsp3) is 0.733. The molecule has 1 aliphatic rings. The molecule has 2 rings (SSSR count). The van der Waals surface area contributed by atoms with Crippen LogP contribution < -0.4 is 0 Å². The molecule has 0 unspecified atom stereocenters. The number of hydrogen-bond donors (Lipinski definition) is 1. The van der Waals surface area contributed by atoms with Gasteiger partial charge < -0.3 is 9.84 Å². The molecule has 0 spiro atoms. The fourth-order valence-corrected chi connectivity index (χ4v) is 3.05. The minimum atomic E-state index is -0.824. The summed E-state index contributed by atoms with van der Waals surface area (Å²) in [5.74, 6) is -0.233. The van der Waals surface area contributed by atoms with Gasteiger partial charge in [-0.15, -0.1) is 0 Å². The van der Waals surface area contributed by atoms with Gasteiger partial charge in [-0.05, 0) is 46.5 Å². The van der Waals surface area contributed by atoms with Crippen molar-refractivity contribution in [3.8, 4) is 0 Å². The Balaban J connectivity index is 1.99. The predicted molar refractivity (Wildman–Crippen MR) is 80.3 cm³/mol. The number of rotatable bonds is 4. The topological polar surface area (TPSA) is 64.3 Å². The largest absolute Gasteiger partial charge is 0.466 e. The molecular formula is C15H23ClN2O3. The first-order valence-electron chi connectivity index (χ1n) is 7.45. The number of esters is 1. The first-order valence-corrected chi connectivity index (χ1v) is 7.82. The van der Waals surface area contributed by atoms with E-state index in [1.807, 2.05) is 20.8 Å². The summed E-state index contributed by atoms with van der Waals surface area (Å²) in [6.07, 6.45) is 2.46.